The first-order valence-electron chi connectivity index (χ1n) is 14.2. The molecule has 9 rings (SSSR count). The highest BCUT2D eigenvalue weighted by atomic mass is 15.2. The maximum absolute atomic E-state index is 5.31. The predicted molar refractivity (Wildman–Crippen MR) is 174 cm³/mol. The maximum atomic E-state index is 5.31. The van der Waals surface area contributed by atoms with E-state index in [0.29, 0.717) is 5.95 Å². The zero-order valence-electron chi connectivity index (χ0n) is 22.6. The van der Waals surface area contributed by atoms with E-state index in [-0.39, 0.29) is 0 Å². The molecular formula is C38H24N4. The molecule has 0 aliphatic heterocycles. The quantitative estimate of drug-likeness (QED) is 0.225. The summed E-state index contributed by atoms with van der Waals surface area (Å²) in [5, 5.41) is 5.81. The molecule has 0 atom stereocenters. The average Bonchev–Trinajstić information content (AvgIpc) is 3.58. The van der Waals surface area contributed by atoms with Crippen molar-refractivity contribution in [2.24, 2.45) is 0 Å². The Morgan fingerprint density at radius 1 is 0.405 bits per heavy atom. The standard InChI is InChI=1S/C38H24N4/c1-3-13-25(14-4-1)36-29-18-7-10-20-31(29)39-38(40-36)42-32-21-11-8-17-27(32)28-23-24-34-35(37(28)42)30-19-9-12-22-33(30)41(34)26-15-5-2-6-16-26/h1-24H. The lowest BCUT2D eigenvalue weighted by Gasteiger charge is -2.12. The highest BCUT2D eigenvalue weighted by molar-refractivity contribution is 6.26. The van der Waals surface area contributed by atoms with Crippen LogP contribution in [0.4, 0.5) is 0 Å². The van der Waals surface area contributed by atoms with Crippen LogP contribution in [-0.4, -0.2) is 19.1 Å². The third kappa shape index (κ3) is 3.23. The molecule has 0 aliphatic rings. The van der Waals surface area contributed by atoms with E-state index in [2.05, 4.69) is 143 Å². The normalized spacial score (nSPS) is 11.8. The average molecular weight is 537 g/mol. The summed E-state index contributed by atoms with van der Waals surface area (Å²) in [6.45, 7) is 0. The largest absolute Gasteiger partial charge is 0.309 e. The van der Waals surface area contributed by atoms with Crippen molar-refractivity contribution in [1.82, 2.24) is 19.1 Å². The van der Waals surface area contributed by atoms with Gasteiger partial charge in [-0.1, -0.05) is 109 Å². The number of para-hydroxylation sites is 4. The lowest BCUT2D eigenvalue weighted by Crippen LogP contribution is -2.03. The zero-order valence-corrected chi connectivity index (χ0v) is 22.6. The third-order valence-corrected chi connectivity index (χ3v) is 8.32. The Kier molecular flexibility index (Phi) is 4.87. The molecule has 0 bridgehead atoms. The fourth-order valence-electron chi connectivity index (χ4n) is 6.55. The first-order valence-corrected chi connectivity index (χ1v) is 14.2. The van der Waals surface area contributed by atoms with Gasteiger partial charge in [-0.15, -0.1) is 0 Å². The van der Waals surface area contributed by atoms with E-state index in [1.807, 2.05) is 12.1 Å². The minimum absolute atomic E-state index is 0.669. The van der Waals surface area contributed by atoms with Gasteiger partial charge in [0.25, 0.3) is 0 Å². The van der Waals surface area contributed by atoms with Gasteiger partial charge in [-0.25, -0.2) is 9.97 Å². The van der Waals surface area contributed by atoms with Crippen molar-refractivity contribution in [3.05, 3.63) is 146 Å². The molecule has 196 valence electrons. The number of benzene rings is 6. The van der Waals surface area contributed by atoms with Crippen LogP contribution in [0.15, 0.2) is 146 Å². The molecule has 0 aliphatic carbocycles. The van der Waals surface area contributed by atoms with Gasteiger partial charge in [0.1, 0.15) is 0 Å². The van der Waals surface area contributed by atoms with Gasteiger partial charge in [-0.2, -0.15) is 0 Å². The van der Waals surface area contributed by atoms with Gasteiger partial charge in [0.05, 0.1) is 33.3 Å². The summed E-state index contributed by atoms with van der Waals surface area (Å²) >= 11 is 0. The van der Waals surface area contributed by atoms with Crippen LogP contribution in [0, 0.1) is 0 Å². The topological polar surface area (TPSA) is 35.6 Å². The molecule has 4 nitrogen and oxygen atoms in total. The van der Waals surface area contributed by atoms with E-state index in [1.54, 1.807) is 0 Å². The predicted octanol–water partition coefficient (Wildman–Crippen LogP) is 9.49. The van der Waals surface area contributed by atoms with Crippen molar-refractivity contribution in [3.8, 4) is 22.9 Å². The van der Waals surface area contributed by atoms with Crippen LogP contribution in [-0.2, 0) is 0 Å². The van der Waals surface area contributed by atoms with E-state index >= 15 is 0 Å². The lowest BCUT2D eigenvalue weighted by atomic mass is 10.1. The second-order valence-electron chi connectivity index (χ2n) is 10.7. The van der Waals surface area contributed by atoms with Gasteiger partial charge < -0.3 is 4.57 Å². The van der Waals surface area contributed by atoms with Crippen LogP contribution in [0.1, 0.15) is 0 Å². The van der Waals surface area contributed by atoms with E-state index < -0.39 is 0 Å². The van der Waals surface area contributed by atoms with Crippen molar-refractivity contribution in [2.75, 3.05) is 0 Å². The van der Waals surface area contributed by atoms with Crippen LogP contribution in [0.3, 0.4) is 0 Å². The summed E-state index contributed by atoms with van der Waals surface area (Å²) in [6.07, 6.45) is 0. The first kappa shape index (κ1) is 23.0. The van der Waals surface area contributed by atoms with Gasteiger partial charge in [-0.3, -0.25) is 4.57 Å². The van der Waals surface area contributed by atoms with Crippen molar-refractivity contribution < 1.29 is 0 Å². The Labute approximate surface area is 241 Å². The van der Waals surface area contributed by atoms with Gasteiger partial charge >= 0.3 is 0 Å². The summed E-state index contributed by atoms with van der Waals surface area (Å²) in [7, 11) is 0. The van der Waals surface area contributed by atoms with Crippen LogP contribution in [0.5, 0.6) is 0 Å². The van der Waals surface area contributed by atoms with Crippen molar-refractivity contribution in [3.63, 3.8) is 0 Å². The summed E-state index contributed by atoms with van der Waals surface area (Å²) in [5.74, 6) is 0.669. The molecular weight excluding hydrogens is 512 g/mol. The Hall–Kier alpha value is -5.74. The molecule has 0 saturated carbocycles. The van der Waals surface area contributed by atoms with Crippen molar-refractivity contribution in [2.45, 2.75) is 0 Å². The zero-order chi connectivity index (χ0) is 27.6. The summed E-state index contributed by atoms with van der Waals surface area (Å²) in [6, 6.07) is 51.1. The Balaban J connectivity index is 1.49. The fraction of sp³-hybridized carbons (Fsp3) is 0. The molecule has 0 radical (unpaired) electrons. The van der Waals surface area contributed by atoms with E-state index in [1.165, 1.54) is 27.1 Å². The molecule has 42 heavy (non-hydrogen) atoms. The van der Waals surface area contributed by atoms with E-state index in [4.69, 9.17) is 9.97 Å². The van der Waals surface area contributed by atoms with Gasteiger partial charge in [0.15, 0.2) is 0 Å². The smallest absolute Gasteiger partial charge is 0.235 e. The third-order valence-electron chi connectivity index (χ3n) is 8.32. The molecule has 0 unspecified atom stereocenters. The first-order chi connectivity index (χ1) is 20.9. The second kappa shape index (κ2) is 8.88. The van der Waals surface area contributed by atoms with E-state index in [9.17, 15) is 0 Å². The maximum Gasteiger partial charge on any atom is 0.235 e. The minimum Gasteiger partial charge on any atom is -0.309 e. The molecule has 0 saturated heterocycles. The summed E-state index contributed by atoms with van der Waals surface area (Å²) < 4.78 is 4.64. The van der Waals surface area contributed by atoms with Crippen LogP contribution in [0.25, 0.3) is 77.4 Å². The molecule has 3 aromatic heterocycles. The molecule has 9 aromatic rings. The van der Waals surface area contributed by atoms with Gasteiger partial charge in [0.2, 0.25) is 5.95 Å². The lowest BCUT2D eigenvalue weighted by molar-refractivity contribution is 1.02. The number of fused-ring (bicyclic) bond motifs is 8. The summed E-state index contributed by atoms with van der Waals surface area (Å²) in [5.41, 5.74) is 8.60. The summed E-state index contributed by atoms with van der Waals surface area (Å²) in [4.78, 5) is 10.5. The van der Waals surface area contributed by atoms with Gasteiger partial charge in [-0.05, 0) is 36.4 Å². The van der Waals surface area contributed by atoms with Crippen molar-refractivity contribution in [1.29, 1.82) is 0 Å². The number of hydrogen-bond donors (Lipinski definition) is 0. The molecule has 0 N–H and O–H groups in total. The molecule has 3 heterocycles. The SMILES string of the molecule is c1ccc(-c2nc(-n3c4ccccc4c4ccc5c(c6ccccc6n5-c5ccccc5)c43)nc3ccccc23)cc1. The number of aromatic nitrogens is 4. The van der Waals surface area contributed by atoms with Crippen LogP contribution < -0.4 is 0 Å². The molecule has 6 aromatic carbocycles. The number of hydrogen-bond acceptors (Lipinski definition) is 2. The Morgan fingerprint density at radius 3 is 1.81 bits per heavy atom. The highest BCUT2D eigenvalue weighted by Gasteiger charge is 2.22. The number of nitrogens with zero attached hydrogens (tertiary/aromatic N) is 4. The second-order valence-corrected chi connectivity index (χ2v) is 10.7. The molecule has 0 fully saturated rings. The van der Waals surface area contributed by atoms with Crippen LogP contribution >= 0.6 is 0 Å². The minimum atomic E-state index is 0.669. The molecule has 0 spiro atoms. The molecule has 4 heteroatoms. The monoisotopic (exact) mass is 536 g/mol. The van der Waals surface area contributed by atoms with Crippen LogP contribution in [0.2, 0.25) is 0 Å². The van der Waals surface area contributed by atoms with Gasteiger partial charge in [0, 0.05) is 38.2 Å². The molecule has 0 amide bonds. The van der Waals surface area contributed by atoms with E-state index in [0.717, 1.165) is 44.4 Å². The Morgan fingerprint density at radius 2 is 1.02 bits per heavy atom. The van der Waals surface area contributed by atoms with Crippen molar-refractivity contribution >= 4 is 54.5 Å². The fourth-order valence-corrected chi connectivity index (χ4v) is 6.55. The highest BCUT2D eigenvalue weighted by Crippen LogP contribution is 2.42. The number of rotatable bonds is 3. The Bertz CT molecular complexity index is 2450.